The molecule has 1 heterocycles. The van der Waals surface area contributed by atoms with Gasteiger partial charge in [-0.3, -0.25) is 9.59 Å². The van der Waals surface area contributed by atoms with Crippen molar-refractivity contribution in [2.75, 3.05) is 5.32 Å². The molecule has 2 N–H and O–H groups in total. The molecule has 21 heavy (non-hydrogen) atoms. The molecule has 0 saturated carbocycles. The van der Waals surface area contributed by atoms with Gasteiger partial charge in [-0.15, -0.1) is 11.3 Å². The highest BCUT2D eigenvalue weighted by molar-refractivity contribution is 7.12. The van der Waals surface area contributed by atoms with Crippen LogP contribution in [0, 0.1) is 6.92 Å². The number of hydrogen-bond acceptors (Lipinski definition) is 3. The summed E-state index contributed by atoms with van der Waals surface area (Å²) in [5, 5.41) is 11.8. The smallest absolute Gasteiger partial charge is 0.310 e. The van der Waals surface area contributed by atoms with Crippen LogP contribution >= 0.6 is 11.3 Å². The SMILES string of the molecule is Cc1ccc(CC(=O)Nc2ccc(C(C)C(=O)O)cc2)s1. The highest BCUT2D eigenvalue weighted by Gasteiger charge is 2.13. The number of thiophene rings is 1. The molecule has 0 spiro atoms. The molecule has 0 radical (unpaired) electrons. The lowest BCUT2D eigenvalue weighted by Crippen LogP contribution is -2.14. The second kappa shape index (κ2) is 6.54. The number of hydrogen-bond donors (Lipinski definition) is 2. The Labute approximate surface area is 127 Å². The van der Waals surface area contributed by atoms with Crippen molar-refractivity contribution in [2.24, 2.45) is 0 Å². The van der Waals surface area contributed by atoms with E-state index in [1.54, 1.807) is 42.5 Å². The van der Waals surface area contributed by atoms with Crippen molar-refractivity contribution in [3.63, 3.8) is 0 Å². The molecule has 0 aliphatic carbocycles. The van der Waals surface area contributed by atoms with E-state index in [1.165, 1.54) is 4.88 Å². The van der Waals surface area contributed by atoms with Gasteiger partial charge in [0.2, 0.25) is 5.91 Å². The first-order chi connectivity index (χ1) is 9.95. The van der Waals surface area contributed by atoms with Crippen molar-refractivity contribution in [1.29, 1.82) is 0 Å². The molecule has 1 aromatic heterocycles. The molecule has 0 bridgehead atoms. The first kappa shape index (κ1) is 15.3. The average Bonchev–Trinajstić information content (AvgIpc) is 2.83. The Bertz CT molecular complexity index is 646. The van der Waals surface area contributed by atoms with Crippen molar-refractivity contribution >= 4 is 28.9 Å². The van der Waals surface area contributed by atoms with E-state index in [4.69, 9.17) is 5.11 Å². The topological polar surface area (TPSA) is 66.4 Å². The van der Waals surface area contributed by atoms with Gasteiger partial charge in [0.1, 0.15) is 0 Å². The number of amides is 1. The lowest BCUT2D eigenvalue weighted by molar-refractivity contribution is -0.138. The normalized spacial score (nSPS) is 11.9. The quantitative estimate of drug-likeness (QED) is 0.889. The van der Waals surface area contributed by atoms with Crippen molar-refractivity contribution in [1.82, 2.24) is 0 Å². The van der Waals surface area contributed by atoms with Crippen molar-refractivity contribution < 1.29 is 14.7 Å². The Morgan fingerprint density at radius 2 is 1.86 bits per heavy atom. The van der Waals surface area contributed by atoms with Gasteiger partial charge in [0.05, 0.1) is 12.3 Å². The fraction of sp³-hybridized carbons (Fsp3) is 0.250. The van der Waals surface area contributed by atoms with Crippen LogP contribution in [-0.2, 0) is 16.0 Å². The van der Waals surface area contributed by atoms with E-state index in [9.17, 15) is 9.59 Å². The monoisotopic (exact) mass is 303 g/mol. The molecule has 0 aliphatic rings. The Morgan fingerprint density at radius 1 is 1.19 bits per heavy atom. The van der Waals surface area contributed by atoms with E-state index in [0.29, 0.717) is 12.1 Å². The Morgan fingerprint density at radius 3 is 2.38 bits per heavy atom. The summed E-state index contributed by atoms with van der Waals surface area (Å²) in [6, 6.07) is 10.9. The van der Waals surface area contributed by atoms with Crippen LogP contribution in [0.4, 0.5) is 5.69 Å². The van der Waals surface area contributed by atoms with Gasteiger partial charge in [0.15, 0.2) is 0 Å². The minimum atomic E-state index is -0.861. The first-order valence-corrected chi connectivity index (χ1v) is 7.45. The number of carboxylic acids is 1. The summed E-state index contributed by atoms with van der Waals surface area (Å²) < 4.78 is 0. The number of anilines is 1. The number of nitrogens with one attached hydrogen (secondary N) is 1. The summed E-state index contributed by atoms with van der Waals surface area (Å²) in [7, 11) is 0. The van der Waals surface area contributed by atoms with Gasteiger partial charge in [-0.25, -0.2) is 0 Å². The number of carbonyl (C=O) groups excluding carboxylic acids is 1. The zero-order valence-electron chi connectivity index (χ0n) is 11.9. The predicted octanol–water partition coefficient (Wildman–Crippen LogP) is 3.43. The van der Waals surface area contributed by atoms with Gasteiger partial charge < -0.3 is 10.4 Å². The zero-order valence-corrected chi connectivity index (χ0v) is 12.7. The van der Waals surface area contributed by atoms with Gasteiger partial charge in [-0.1, -0.05) is 12.1 Å². The molecular weight excluding hydrogens is 286 g/mol. The molecule has 2 aromatic rings. The third-order valence-electron chi connectivity index (χ3n) is 3.20. The fourth-order valence-electron chi connectivity index (χ4n) is 1.94. The molecule has 0 saturated heterocycles. The van der Waals surface area contributed by atoms with E-state index >= 15 is 0 Å². The van der Waals surface area contributed by atoms with E-state index in [1.807, 2.05) is 19.1 Å². The van der Waals surface area contributed by atoms with Crippen molar-refractivity contribution in [3.05, 3.63) is 51.7 Å². The van der Waals surface area contributed by atoms with E-state index in [-0.39, 0.29) is 5.91 Å². The number of carboxylic acid groups (broad SMARTS) is 1. The van der Waals surface area contributed by atoms with Gasteiger partial charge >= 0.3 is 5.97 Å². The largest absolute Gasteiger partial charge is 0.481 e. The van der Waals surface area contributed by atoms with Gasteiger partial charge in [-0.2, -0.15) is 0 Å². The van der Waals surface area contributed by atoms with Gasteiger partial charge in [-0.05, 0) is 43.7 Å². The highest BCUT2D eigenvalue weighted by atomic mass is 32.1. The van der Waals surface area contributed by atoms with Crippen molar-refractivity contribution in [3.8, 4) is 0 Å². The highest BCUT2D eigenvalue weighted by Crippen LogP contribution is 2.19. The fourth-order valence-corrected chi connectivity index (χ4v) is 2.83. The van der Waals surface area contributed by atoms with Gasteiger partial charge in [0, 0.05) is 15.4 Å². The van der Waals surface area contributed by atoms with E-state index < -0.39 is 11.9 Å². The van der Waals surface area contributed by atoms with Gasteiger partial charge in [0.25, 0.3) is 0 Å². The lowest BCUT2D eigenvalue weighted by atomic mass is 10.0. The Hall–Kier alpha value is -2.14. The maximum Gasteiger partial charge on any atom is 0.310 e. The molecular formula is C16H17NO3S. The summed E-state index contributed by atoms with van der Waals surface area (Å²) in [5.41, 5.74) is 1.39. The molecule has 0 fully saturated rings. The van der Waals surface area contributed by atoms with Crippen molar-refractivity contribution in [2.45, 2.75) is 26.2 Å². The standard InChI is InChI=1S/C16H17NO3S/c1-10-3-8-14(21-10)9-15(18)17-13-6-4-12(5-7-13)11(2)16(19)20/h3-8,11H,9H2,1-2H3,(H,17,18)(H,19,20). The van der Waals surface area contributed by atoms with Crippen LogP contribution in [0.1, 0.15) is 28.2 Å². The molecule has 1 amide bonds. The molecule has 1 unspecified atom stereocenters. The minimum Gasteiger partial charge on any atom is -0.481 e. The molecule has 0 aliphatic heterocycles. The minimum absolute atomic E-state index is 0.0733. The first-order valence-electron chi connectivity index (χ1n) is 6.63. The maximum absolute atomic E-state index is 11.9. The van der Waals surface area contributed by atoms with Crippen LogP contribution in [0.3, 0.4) is 0 Å². The van der Waals surface area contributed by atoms with Crippen LogP contribution in [0.25, 0.3) is 0 Å². The molecule has 5 heteroatoms. The molecule has 2 rings (SSSR count). The van der Waals surface area contributed by atoms with Crippen LogP contribution < -0.4 is 5.32 Å². The maximum atomic E-state index is 11.9. The average molecular weight is 303 g/mol. The van der Waals surface area contributed by atoms with E-state index in [0.717, 1.165) is 10.4 Å². The van der Waals surface area contributed by atoms with E-state index in [2.05, 4.69) is 5.32 Å². The second-order valence-corrected chi connectivity index (χ2v) is 6.29. The number of carbonyl (C=O) groups is 2. The molecule has 1 aromatic carbocycles. The van der Waals surface area contributed by atoms with Crippen LogP contribution in [0.2, 0.25) is 0 Å². The third kappa shape index (κ3) is 4.16. The predicted molar refractivity (Wildman–Crippen MR) is 83.9 cm³/mol. The molecule has 4 nitrogen and oxygen atoms in total. The molecule has 1 atom stereocenters. The summed E-state index contributed by atoms with van der Waals surface area (Å²) in [5.74, 6) is -1.49. The zero-order chi connectivity index (χ0) is 15.4. The summed E-state index contributed by atoms with van der Waals surface area (Å²) in [6.07, 6.45) is 0.353. The molecule has 110 valence electrons. The second-order valence-electron chi connectivity index (χ2n) is 4.92. The Balaban J connectivity index is 1.96. The number of aryl methyl sites for hydroxylation is 1. The summed E-state index contributed by atoms with van der Waals surface area (Å²) >= 11 is 1.61. The number of benzene rings is 1. The van der Waals surface area contributed by atoms with Crippen LogP contribution in [-0.4, -0.2) is 17.0 Å². The van der Waals surface area contributed by atoms with Crippen LogP contribution in [0.5, 0.6) is 0 Å². The summed E-state index contributed by atoms with van der Waals surface area (Å²) in [6.45, 7) is 3.64. The third-order valence-corrected chi connectivity index (χ3v) is 4.20. The summed E-state index contributed by atoms with van der Waals surface area (Å²) in [4.78, 5) is 25.0. The lowest BCUT2D eigenvalue weighted by Gasteiger charge is -2.08. The number of rotatable bonds is 5. The van der Waals surface area contributed by atoms with Crippen LogP contribution in [0.15, 0.2) is 36.4 Å². The Kier molecular flexibility index (Phi) is 4.75. The number of aliphatic carboxylic acids is 1.